The van der Waals surface area contributed by atoms with Crippen molar-refractivity contribution in [2.24, 2.45) is 0 Å². The van der Waals surface area contributed by atoms with Crippen molar-refractivity contribution in [1.29, 1.82) is 0 Å². The zero-order chi connectivity index (χ0) is 14.1. The van der Waals surface area contributed by atoms with Crippen molar-refractivity contribution in [3.05, 3.63) is 24.0 Å². The highest BCUT2D eigenvalue weighted by Crippen LogP contribution is 2.39. The van der Waals surface area contributed by atoms with Crippen LogP contribution < -0.4 is 4.90 Å². The lowest BCUT2D eigenvalue weighted by Crippen LogP contribution is -2.52. The monoisotopic (exact) mass is 286 g/mol. The quantitative estimate of drug-likeness (QED) is 0.828. The molecule has 2 unspecified atom stereocenters. The van der Waals surface area contributed by atoms with Gasteiger partial charge in [-0.25, -0.2) is 0 Å². The number of nitrogens with zero attached hydrogens (tertiary/aromatic N) is 2. The Morgan fingerprint density at radius 1 is 1.05 bits per heavy atom. The number of hydrogen-bond donors (Lipinski definition) is 0. The van der Waals surface area contributed by atoms with E-state index in [0.717, 1.165) is 13.0 Å². The van der Waals surface area contributed by atoms with E-state index in [1.54, 1.807) is 0 Å². The first-order chi connectivity index (χ1) is 10.4. The van der Waals surface area contributed by atoms with Gasteiger partial charge in [0.05, 0.1) is 23.5 Å². The van der Waals surface area contributed by atoms with Gasteiger partial charge in [0.15, 0.2) is 0 Å². The van der Waals surface area contributed by atoms with Gasteiger partial charge in [0.2, 0.25) is 0 Å². The summed E-state index contributed by atoms with van der Waals surface area (Å²) in [7, 11) is 0. The topological polar surface area (TPSA) is 25.4 Å². The van der Waals surface area contributed by atoms with Crippen LogP contribution in [-0.2, 0) is 11.2 Å². The first kappa shape index (κ1) is 13.6. The molecule has 2 aliphatic heterocycles. The predicted octanol–water partition coefficient (Wildman–Crippen LogP) is 3.71. The van der Waals surface area contributed by atoms with Crippen molar-refractivity contribution in [1.82, 2.24) is 4.98 Å². The molecule has 0 amide bonds. The minimum absolute atomic E-state index is 0.438. The molecule has 0 spiro atoms. The fourth-order valence-corrected chi connectivity index (χ4v) is 4.54. The second-order valence-corrected chi connectivity index (χ2v) is 6.83. The third kappa shape index (κ3) is 2.57. The van der Waals surface area contributed by atoms with Crippen LogP contribution in [0.15, 0.2) is 18.3 Å². The molecule has 1 saturated heterocycles. The van der Waals surface area contributed by atoms with E-state index < -0.39 is 0 Å². The molecule has 3 heterocycles. The van der Waals surface area contributed by atoms with Crippen LogP contribution in [0.3, 0.4) is 0 Å². The summed E-state index contributed by atoms with van der Waals surface area (Å²) in [6.45, 7) is 0.958. The Kier molecular flexibility index (Phi) is 3.85. The largest absolute Gasteiger partial charge is 0.376 e. The lowest BCUT2D eigenvalue weighted by Gasteiger charge is -2.46. The van der Waals surface area contributed by atoms with Gasteiger partial charge in [-0.3, -0.25) is 4.98 Å². The van der Waals surface area contributed by atoms with Gasteiger partial charge in [0, 0.05) is 18.8 Å². The molecule has 4 rings (SSSR count). The zero-order valence-electron chi connectivity index (χ0n) is 12.8. The second kappa shape index (κ2) is 5.96. The van der Waals surface area contributed by atoms with E-state index in [0.29, 0.717) is 18.2 Å². The third-order valence-corrected chi connectivity index (χ3v) is 5.54. The van der Waals surface area contributed by atoms with Crippen LogP contribution in [-0.4, -0.2) is 29.8 Å². The molecule has 0 N–H and O–H groups in total. The Labute approximate surface area is 127 Å². The van der Waals surface area contributed by atoms with Crippen molar-refractivity contribution in [3.63, 3.8) is 0 Å². The van der Waals surface area contributed by atoms with Gasteiger partial charge in [-0.05, 0) is 57.1 Å². The van der Waals surface area contributed by atoms with Gasteiger partial charge in [-0.15, -0.1) is 0 Å². The van der Waals surface area contributed by atoms with Crippen molar-refractivity contribution >= 4 is 5.69 Å². The Hall–Kier alpha value is -1.09. The molecule has 21 heavy (non-hydrogen) atoms. The number of pyridine rings is 1. The molecule has 1 aliphatic carbocycles. The molecule has 3 aliphatic rings. The minimum Gasteiger partial charge on any atom is -0.376 e. The average molecular weight is 286 g/mol. The maximum Gasteiger partial charge on any atom is 0.0778 e. The molecular weight excluding hydrogens is 260 g/mol. The van der Waals surface area contributed by atoms with Gasteiger partial charge >= 0.3 is 0 Å². The number of fused-ring (bicyclic) bond motifs is 1. The van der Waals surface area contributed by atoms with Crippen LogP contribution in [0.4, 0.5) is 5.69 Å². The van der Waals surface area contributed by atoms with Gasteiger partial charge in [0.1, 0.15) is 0 Å². The van der Waals surface area contributed by atoms with Crippen molar-refractivity contribution in [3.8, 4) is 0 Å². The summed E-state index contributed by atoms with van der Waals surface area (Å²) in [6, 6.07) is 5.68. The molecule has 1 aromatic heterocycles. The van der Waals surface area contributed by atoms with Crippen molar-refractivity contribution < 1.29 is 4.74 Å². The summed E-state index contributed by atoms with van der Waals surface area (Å²) in [6.07, 6.45) is 14.0. The molecule has 3 nitrogen and oxygen atoms in total. The highest BCUT2D eigenvalue weighted by molar-refractivity contribution is 5.55. The smallest absolute Gasteiger partial charge is 0.0778 e. The number of hydrogen-bond acceptors (Lipinski definition) is 3. The lowest BCUT2D eigenvalue weighted by molar-refractivity contribution is -0.00537. The molecule has 0 radical (unpaired) electrons. The average Bonchev–Trinajstić information content (AvgIpc) is 3.08. The molecule has 0 aromatic carbocycles. The summed E-state index contributed by atoms with van der Waals surface area (Å²) < 4.78 is 6.16. The molecule has 3 heteroatoms. The summed E-state index contributed by atoms with van der Waals surface area (Å²) in [5, 5.41) is 0. The molecule has 1 saturated carbocycles. The van der Waals surface area contributed by atoms with Crippen LogP contribution >= 0.6 is 0 Å². The van der Waals surface area contributed by atoms with Gasteiger partial charge < -0.3 is 9.64 Å². The van der Waals surface area contributed by atoms with Gasteiger partial charge in [0.25, 0.3) is 0 Å². The number of ether oxygens (including phenoxy) is 1. The van der Waals surface area contributed by atoms with Crippen LogP contribution in [0.25, 0.3) is 0 Å². The van der Waals surface area contributed by atoms with Crippen LogP contribution in [0.5, 0.6) is 0 Å². The van der Waals surface area contributed by atoms with E-state index in [1.165, 1.54) is 62.7 Å². The normalized spacial score (nSPS) is 30.4. The number of anilines is 1. The maximum atomic E-state index is 6.16. The number of aromatic nitrogens is 1. The van der Waals surface area contributed by atoms with Crippen LogP contribution in [0, 0.1) is 0 Å². The highest BCUT2D eigenvalue weighted by Gasteiger charge is 2.38. The van der Waals surface area contributed by atoms with Gasteiger partial charge in [-0.2, -0.15) is 0 Å². The Morgan fingerprint density at radius 2 is 1.90 bits per heavy atom. The van der Waals surface area contributed by atoms with Gasteiger partial charge in [-0.1, -0.05) is 12.8 Å². The molecule has 1 aromatic rings. The van der Waals surface area contributed by atoms with E-state index >= 15 is 0 Å². The summed E-state index contributed by atoms with van der Waals surface area (Å²) >= 11 is 0. The van der Waals surface area contributed by atoms with Crippen molar-refractivity contribution in [2.75, 3.05) is 11.5 Å². The fraction of sp³-hybridized carbons (Fsp3) is 0.722. The molecule has 2 fully saturated rings. The van der Waals surface area contributed by atoms with E-state index in [4.69, 9.17) is 4.74 Å². The standard InChI is InChI=1S/C18H26N2O/c1-2-7-14(6-1)20-16-8-5-12-19-15(16)10-11-17(20)18-9-3-4-13-21-18/h5,8,12,14,17-18H,1-4,6-7,9-11,13H2. The summed E-state index contributed by atoms with van der Waals surface area (Å²) in [5.74, 6) is 0. The molecule has 114 valence electrons. The van der Waals surface area contributed by atoms with Crippen LogP contribution in [0.2, 0.25) is 0 Å². The van der Waals surface area contributed by atoms with E-state index in [1.807, 2.05) is 6.20 Å². The fourth-order valence-electron chi connectivity index (χ4n) is 4.54. The molecule has 2 atom stereocenters. The Bertz CT molecular complexity index is 478. The van der Waals surface area contributed by atoms with E-state index in [9.17, 15) is 0 Å². The zero-order valence-corrected chi connectivity index (χ0v) is 12.8. The first-order valence-corrected chi connectivity index (χ1v) is 8.77. The highest BCUT2D eigenvalue weighted by atomic mass is 16.5. The predicted molar refractivity (Wildman–Crippen MR) is 84.7 cm³/mol. The lowest BCUT2D eigenvalue weighted by atomic mass is 9.90. The van der Waals surface area contributed by atoms with E-state index in [-0.39, 0.29) is 0 Å². The first-order valence-electron chi connectivity index (χ1n) is 8.77. The summed E-state index contributed by atoms with van der Waals surface area (Å²) in [4.78, 5) is 7.36. The third-order valence-electron chi connectivity index (χ3n) is 5.54. The van der Waals surface area contributed by atoms with Crippen LogP contribution in [0.1, 0.15) is 57.1 Å². The van der Waals surface area contributed by atoms with Crippen molar-refractivity contribution in [2.45, 2.75) is 76.0 Å². The number of rotatable bonds is 2. The Morgan fingerprint density at radius 3 is 2.71 bits per heavy atom. The SMILES string of the molecule is c1cnc2c(c1)N(C1CCCC1)C(C1CCCCO1)CC2. The Balaban J connectivity index is 1.66. The number of aryl methyl sites for hydroxylation is 1. The molecular formula is C18H26N2O. The minimum atomic E-state index is 0.438. The van der Waals surface area contributed by atoms with E-state index in [2.05, 4.69) is 22.0 Å². The maximum absolute atomic E-state index is 6.16. The second-order valence-electron chi connectivity index (χ2n) is 6.83. The summed E-state index contributed by atoms with van der Waals surface area (Å²) in [5.41, 5.74) is 2.70. The molecule has 0 bridgehead atoms.